The van der Waals surface area contributed by atoms with E-state index < -0.39 is 0 Å². The lowest BCUT2D eigenvalue weighted by Gasteiger charge is -2.36. The van der Waals surface area contributed by atoms with Crippen molar-refractivity contribution in [3.05, 3.63) is 0 Å². The third kappa shape index (κ3) is 2.41. The molecule has 4 atom stereocenters. The molecule has 0 amide bonds. The molecule has 3 fully saturated rings. The van der Waals surface area contributed by atoms with Gasteiger partial charge in [-0.05, 0) is 62.8 Å². The minimum absolute atomic E-state index is 0.850. The first-order chi connectivity index (χ1) is 8.38. The number of hydrogen-bond acceptors (Lipinski definition) is 1. The monoisotopic (exact) mass is 235 g/mol. The van der Waals surface area contributed by atoms with Crippen molar-refractivity contribution in [2.75, 3.05) is 7.05 Å². The maximum absolute atomic E-state index is 3.73. The molecular formula is C16H29N. The van der Waals surface area contributed by atoms with E-state index in [0.29, 0.717) is 0 Å². The molecule has 0 aromatic heterocycles. The molecule has 3 aliphatic carbocycles. The summed E-state index contributed by atoms with van der Waals surface area (Å²) in [5.74, 6) is 4.21. The summed E-state index contributed by atoms with van der Waals surface area (Å²) in [7, 11) is 2.22. The fourth-order valence-corrected chi connectivity index (χ4v) is 5.20. The number of rotatable bonds is 3. The molecule has 0 aliphatic heterocycles. The smallest absolute Gasteiger partial charge is 0.0123 e. The minimum Gasteiger partial charge on any atom is -0.316 e. The number of fused-ring (bicyclic) bond motifs is 2. The molecule has 0 saturated heterocycles. The SMILES string of the molecule is CNC(C1CCCCCC1)C1CC2CCC1C2. The van der Waals surface area contributed by atoms with Crippen LogP contribution >= 0.6 is 0 Å². The molecule has 0 radical (unpaired) electrons. The lowest BCUT2D eigenvalue weighted by molar-refractivity contribution is 0.186. The Bertz CT molecular complexity index is 242. The second kappa shape index (κ2) is 5.30. The van der Waals surface area contributed by atoms with Gasteiger partial charge in [-0.1, -0.05) is 32.1 Å². The van der Waals surface area contributed by atoms with E-state index in [0.717, 1.165) is 29.7 Å². The molecule has 0 heterocycles. The minimum atomic E-state index is 0.850. The van der Waals surface area contributed by atoms with E-state index in [1.807, 2.05) is 0 Å². The maximum Gasteiger partial charge on any atom is 0.0123 e. The summed E-state index contributed by atoms with van der Waals surface area (Å²) in [4.78, 5) is 0. The van der Waals surface area contributed by atoms with Crippen LogP contribution in [-0.4, -0.2) is 13.1 Å². The van der Waals surface area contributed by atoms with Gasteiger partial charge < -0.3 is 5.32 Å². The average Bonchev–Trinajstić information content (AvgIpc) is 2.86. The van der Waals surface area contributed by atoms with Gasteiger partial charge in [-0.2, -0.15) is 0 Å². The standard InChI is InChI=1S/C16H29N/c1-17-16(13-6-4-2-3-5-7-13)15-11-12-8-9-14(15)10-12/h12-17H,2-11H2,1H3. The fraction of sp³-hybridized carbons (Fsp3) is 1.00. The summed E-state index contributed by atoms with van der Waals surface area (Å²) in [6.07, 6.45) is 15.2. The number of hydrogen-bond donors (Lipinski definition) is 1. The zero-order chi connectivity index (χ0) is 11.7. The van der Waals surface area contributed by atoms with E-state index in [-0.39, 0.29) is 0 Å². The molecule has 1 N–H and O–H groups in total. The van der Waals surface area contributed by atoms with E-state index in [4.69, 9.17) is 0 Å². The second-order valence-electron chi connectivity index (χ2n) is 6.90. The Balaban J connectivity index is 1.65. The molecule has 3 saturated carbocycles. The summed E-state index contributed by atoms with van der Waals surface area (Å²) in [5, 5.41) is 3.73. The topological polar surface area (TPSA) is 12.0 Å². The Morgan fingerprint density at radius 3 is 2.18 bits per heavy atom. The van der Waals surface area contributed by atoms with Crippen LogP contribution in [0, 0.1) is 23.7 Å². The molecule has 3 aliphatic rings. The van der Waals surface area contributed by atoms with Crippen LogP contribution in [0.25, 0.3) is 0 Å². The molecular weight excluding hydrogens is 206 g/mol. The summed E-state index contributed by atoms with van der Waals surface area (Å²) in [6.45, 7) is 0. The Hall–Kier alpha value is -0.0400. The summed E-state index contributed by atoms with van der Waals surface area (Å²) in [6, 6.07) is 0.850. The highest BCUT2D eigenvalue weighted by atomic mass is 14.9. The molecule has 3 rings (SSSR count). The van der Waals surface area contributed by atoms with Gasteiger partial charge in [0.15, 0.2) is 0 Å². The van der Waals surface area contributed by atoms with Crippen LogP contribution in [0.2, 0.25) is 0 Å². The van der Waals surface area contributed by atoms with Crippen LogP contribution < -0.4 is 5.32 Å². The van der Waals surface area contributed by atoms with Gasteiger partial charge in [0, 0.05) is 6.04 Å². The van der Waals surface area contributed by atoms with Gasteiger partial charge in [-0.15, -0.1) is 0 Å². The van der Waals surface area contributed by atoms with E-state index in [1.54, 1.807) is 25.7 Å². The van der Waals surface area contributed by atoms with E-state index in [2.05, 4.69) is 12.4 Å². The van der Waals surface area contributed by atoms with Gasteiger partial charge >= 0.3 is 0 Å². The third-order valence-electron chi connectivity index (χ3n) is 6.00. The van der Waals surface area contributed by atoms with Crippen molar-refractivity contribution in [2.45, 2.75) is 70.3 Å². The largest absolute Gasteiger partial charge is 0.316 e. The van der Waals surface area contributed by atoms with Gasteiger partial charge in [0.05, 0.1) is 0 Å². The lowest BCUT2D eigenvalue weighted by atomic mass is 9.76. The zero-order valence-corrected chi connectivity index (χ0v) is 11.5. The van der Waals surface area contributed by atoms with Gasteiger partial charge in [0.25, 0.3) is 0 Å². The van der Waals surface area contributed by atoms with Crippen molar-refractivity contribution in [1.29, 1.82) is 0 Å². The van der Waals surface area contributed by atoms with Gasteiger partial charge in [-0.3, -0.25) is 0 Å². The molecule has 17 heavy (non-hydrogen) atoms. The highest BCUT2D eigenvalue weighted by Gasteiger charge is 2.44. The van der Waals surface area contributed by atoms with E-state index in [1.165, 1.54) is 38.5 Å². The molecule has 98 valence electrons. The molecule has 0 spiro atoms. The van der Waals surface area contributed by atoms with Crippen molar-refractivity contribution < 1.29 is 0 Å². The predicted octanol–water partition coefficient (Wildman–Crippen LogP) is 3.98. The summed E-state index contributed by atoms with van der Waals surface area (Å²) in [5.41, 5.74) is 0. The van der Waals surface area contributed by atoms with E-state index in [9.17, 15) is 0 Å². The van der Waals surface area contributed by atoms with Crippen molar-refractivity contribution >= 4 is 0 Å². The maximum atomic E-state index is 3.73. The van der Waals surface area contributed by atoms with Crippen molar-refractivity contribution in [2.24, 2.45) is 23.7 Å². The van der Waals surface area contributed by atoms with Crippen LogP contribution in [0.1, 0.15) is 64.2 Å². The van der Waals surface area contributed by atoms with Crippen molar-refractivity contribution in [1.82, 2.24) is 5.32 Å². The Morgan fingerprint density at radius 1 is 0.882 bits per heavy atom. The Morgan fingerprint density at radius 2 is 1.65 bits per heavy atom. The lowest BCUT2D eigenvalue weighted by Crippen LogP contribution is -2.42. The normalized spacial score (nSPS) is 40.4. The van der Waals surface area contributed by atoms with Crippen LogP contribution in [0.3, 0.4) is 0 Å². The quantitative estimate of drug-likeness (QED) is 0.730. The first kappa shape index (κ1) is 12.0. The van der Waals surface area contributed by atoms with Crippen molar-refractivity contribution in [3.63, 3.8) is 0 Å². The van der Waals surface area contributed by atoms with Crippen molar-refractivity contribution in [3.8, 4) is 0 Å². The molecule has 1 heteroatoms. The van der Waals surface area contributed by atoms with Crippen LogP contribution in [-0.2, 0) is 0 Å². The third-order valence-corrected chi connectivity index (χ3v) is 6.00. The number of nitrogens with one attached hydrogen (secondary N) is 1. The second-order valence-corrected chi connectivity index (χ2v) is 6.90. The van der Waals surface area contributed by atoms with Gasteiger partial charge in [-0.25, -0.2) is 0 Å². The summed E-state index contributed by atoms with van der Waals surface area (Å²) < 4.78 is 0. The van der Waals surface area contributed by atoms with Crippen LogP contribution in [0.4, 0.5) is 0 Å². The fourth-order valence-electron chi connectivity index (χ4n) is 5.20. The summed E-state index contributed by atoms with van der Waals surface area (Å²) >= 11 is 0. The molecule has 2 bridgehead atoms. The predicted molar refractivity (Wildman–Crippen MR) is 73.0 cm³/mol. The molecule has 0 aromatic rings. The average molecular weight is 235 g/mol. The van der Waals surface area contributed by atoms with Crippen LogP contribution in [0.15, 0.2) is 0 Å². The zero-order valence-electron chi connectivity index (χ0n) is 11.5. The Kier molecular flexibility index (Phi) is 3.75. The highest BCUT2D eigenvalue weighted by molar-refractivity contribution is 4.97. The van der Waals surface area contributed by atoms with E-state index >= 15 is 0 Å². The van der Waals surface area contributed by atoms with Gasteiger partial charge in [0.1, 0.15) is 0 Å². The highest BCUT2D eigenvalue weighted by Crippen LogP contribution is 2.51. The van der Waals surface area contributed by atoms with Gasteiger partial charge in [0.2, 0.25) is 0 Å². The molecule has 1 nitrogen and oxygen atoms in total. The molecule has 4 unspecified atom stereocenters. The Labute approximate surface area is 107 Å². The van der Waals surface area contributed by atoms with Crippen LogP contribution in [0.5, 0.6) is 0 Å². The molecule has 0 aromatic carbocycles. The first-order valence-corrected chi connectivity index (χ1v) is 8.05. The first-order valence-electron chi connectivity index (χ1n) is 8.05.